The van der Waals surface area contributed by atoms with E-state index in [4.69, 9.17) is 27.9 Å². The highest BCUT2D eigenvalue weighted by molar-refractivity contribution is 7.92. The Hall–Kier alpha value is -4.05. The summed E-state index contributed by atoms with van der Waals surface area (Å²) in [5.41, 5.74) is 1.55. The number of carbonyl (C=O) groups excluding carboxylic acids is 2. The number of rotatable bonds is 14. The Morgan fingerprint density at radius 3 is 2.00 bits per heavy atom. The maximum atomic E-state index is 14.4. The molecule has 0 heterocycles. The van der Waals surface area contributed by atoms with E-state index in [1.807, 2.05) is 37.3 Å². The molecule has 0 spiro atoms. The molecule has 0 aliphatic carbocycles. The third-order valence-corrected chi connectivity index (χ3v) is 9.55. The van der Waals surface area contributed by atoms with E-state index in [1.165, 1.54) is 17.0 Å². The van der Waals surface area contributed by atoms with Crippen LogP contribution in [0, 0.1) is 0 Å². The second-order valence-corrected chi connectivity index (χ2v) is 12.8. The molecule has 4 aromatic rings. The summed E-state index contributed by atoms with van der Waals surface area (Å²) in [4.78, 5) is 29.4. The lowest BCUT2D eigenvalue weighted by molar-refractivity contribution is -0.140. The van der Waals surface area contributed by atoms with E-state index in [1.54, 1.807) is 67.6 Å². The highest BCUT2D eigenvalue weighted by Gasteiger charge is 2.35. The van der Waals surface area contributed by atoms with E-state index < -0.39 is 34.4 Å². The lowest BCUT2D eigenvalue weighted by atomic mass is 10.0. The van der Waals surface area contributed by atoms with Crippen molar-refractivity contribution in [2.24, 2.45) is 0 Å². The standard InChI is InChI=1S/C34H35Cl2N3O5S/c1-3-37-34(41)32(22-25-12-7-5-8-13-25)38(23-29-30(35)16-11-17-31(29)36)33(40)24-39(26-14-9-6-10-15-26)45(42,43)28-20-18-27(19-21-28)44-4-2/h5-21,32H,3-4,22-24H2,1-2H3,(H,37,41)/t32-/m0/s1. The van der Waals surface area contributed by atoms with Crippen LogP contribution in [0.15, 0.2) is 108 Å². The Morgan fingerprint density at radius 2 is 1.42 bits per heavy atom. The zero-order valence-electron chi connectivity index (χ0n) is 25.0. The lowest BCUT2D eigenvalue weighted by Crippen LogP contribution is -2.53. The van der Waals surface area contributed by atoms with Crippen LogP contribution in [-0.2, 0) is 32.6 Å². The average molecular weight is 669 g/mol. The van der Waals surface area contributed by atoms with Crippen LogP contribution in [0.5, 0.6) is 5.75 Å². The minimum Gasteiger partial charge on any atom is -0.494 e. The number of para-hydroxylation sites is 1. The van der Waals surface area contributed by atoms with Gasteiger partial charge in [-0.3, -0.25) is 13.9 Å². The van der Waals surface area contributed by atoms with Gasteiger partial charge in [0.15, 0.2) is 0 Å². The predicted molar refractivity (Wildman–Crippen MR) is 178 cm³/mol. The van der Waals surface area contributed by atoms with E-state index >= 15 is 0 Å². The molecule has 0 saturated heterocycles. The third kappa shape index (κ3) is 8.57. The molecule has 236 valence electrons. The van der Waals surface area contributed by atoms with E-state index in [0.717, 1.165) is 9.87 Å². The molecule has 45 heavy (non-hydrogen) atoms. The van der Waals surface area contributed by atoms with Crippen LogP contribution in [0.3, 0.4) is 0 Å². The molecule has 0 aliphatic heterocycles. The van der Waals surface area contributed by atoms with Crippen LogP contribution in [0.1, 0.15) is 25.0 Å². The van der Waals surface area contributed by atoms with Crippen LogP contribution in [-0.4, -0.2) is 50.9 Å². The summed E-state index contributed by atoms with van der Waals surface area (Å²) in [7, 11) is -4.24. The Morgan fingerprint density at radius 1 is 0.822 bits per heavy atom. The first-order chi connectivity index (χ1) is 21.6. The fourth-order valence-electron chi connectivity index (χ4n) is 4.82. The van der Waals surface area contributed by atoms with E-state index in [-0.39, 0.29) is 23.5 Å². The van der Waals surface area contributed by atoms with Gasteiger partial charge in [0.2, 0.25) is 11.8 Å². The number of benzene rings is 4. The largest absolute Gasteiger partial charge is 0.494 e. The predicted octanol–water partition coefficient (Wildman–Crippen LogP) is 6.36. The maximum Gasteiger partial charge on any atom is 0.264 e. The molecule has 4 aromatic carbocycles. The van der Waals surface area contributed by atoms with Gasteiger partial charge < -0.3 is 15.0 Å². The number of hydrogen-bond donors (Lipinski definition) is 1. The van der Waals surface area contributed by atoms with Crippen LogP contribution in [0.2, 0.25) is 10.0 Å². The van der Waals surface area contributed by atoms with Crippen LogP contribution in [0.4, 0.5) is 5.69 Å². The number of carbonyl (C=O) groups is 2. The molecule has 1 N–H and O–H groups in total. The Balaban J connectivity index is 1.80. The van der Waals surface area contributed by atoms with Crippen molar-refractivity contribution in [3.8, 4) is 5.75 Å². The molecule has 4 rings (SSSR count). The summed E-state index contributed by atoms with van der Waals surface area (Å²) in [6.45, 7) is 3.67. The minimum atomic E-state index is -4.24. The van der Waals surface area contributed by atoms with Crippen LogP contribution in [0.25, 0.3) is 0 Å². The number of hydrogen-bond acceptors (Lipinski definition) is 5. The number of ether oxygens (including phenoxy) is 1. The molecule has 1 atom stereocenters. The van der Waals surface area contributed by atoms with Crippen molar-refractivity contribution in [2.45, 2.75) is 37.8 Å². The molecule has 11 heteroatoms. The van der Waals surface area contributed by atoms with Crippen molar-refractivity contribution in [3.05, 3.63) is 124 Å². The minimum absolute atomic E-state index is 0.0205. The van der Waals surface area contributed by atoms with Gasteiger partial charge >= 0.3 is 0 Å². The number of sulfonamides is 1. The van der Waals surface area contributed by atoms with Crippen molar-refractivity contribution in [1.82, 2.24) is 10.2 Å². The molecule has 2 amide bonds. The van der Waals surface area contributed by atoms with Crippen molar-refractivity contribution in [3.63, 3.8) is 0 Å². The van der Waals surface area contributed by atoms with Gasteiger partial charge in [0.05, 0.1) is 17.2 Å². The first-order valence-electron chi connectivity index (χ1n) is 14.5. The van der Waals surface area contributed by atoms with Gasteiger partial charge in [-0.1, -0.05) is 77.8 Å². The summed E-state index contributed by atoms with van der Waals surface area (Å²) in [5.74, 6) is -0.484. The number of nitrogens with one attached hydrogen (secondary N) is 1. The van der Waals surface area contributed by atoms with Gasteiger partial charge in [-0.15, -0.1) is 0 Å². The SMILES string of the molecule is CCNC(=O)[C@H](Cc1ccccc1)N(Cc1c(Cl)cccc1Cl)C(=O)CN(c1ccccc1)S(=O)(=O)c1ccc(OCC)cc1. The van der Waals surface area contributed by atoms with E-state index in [0.29, 0.717) is 34.5 Å². The normalized spacial score (nSPS) is 11.8. The molecular weight excluding hydrogens is 633 g/mol. The van der Waals surface area contributed by atoms with Gasteiger partial charge in [0.1, 0.15) is 18.3 Å². The topological polar surface area (TPSA) is 96.0 Å². The molecule has 0 radical (unpaired) electrons. The zero-order valence-corrected chi connectivity index (χ0v) is 27.4. The summed E-state index contributed by atoms with van der Waals surface area (Å²) < 4.78 is 34.8. The molecule has 0 fully saturated rings. The second kappa shape index (κ2) is 15.8. The smallest absolute Gasteiger partial charge is 0.264 e. The van der Waals surface area contributed by atoms with Crippen LogP contribution >= 0.6 is 23.2 Å². The van der Waals surface area contributed by atoms with Crippen molar-refractivity contribution < 1.29 is 22.7 Å². The molecule has 0 aromatic heterocycles. The first kappa shape index (κ1) is 33.8. The molecule has 0 bridgehead atoms. The Kier molecular flexibility index (Phi) is 11.9. The van der Waals surface area contributed by atoms with E-state index in [2.05, 4.69) is 5.32 Å². The molecule has 0 saturated carbocycles. The average Bonchev–Trinajstić information content (AvgIpc) is 3.04. The molecule has 0 aliphatic rings. The Labute approximate surface area is 274 Å². The number of anilines is 1. The van der Waals surface area contributed by atoms with Gasteiger partial charge in [-0.25, -0.2) is 8.42 Å². The summed E-state index contributed by atoms with van der Waals surface area (Å²) >= 11 is 13.1. The molecule has 0 unspecified atom stereocenters. The van der Waals surface area contributed by atoms with Gasteiger partial charge in [0.25, 0.3) is 10.0 Å². The number of halogens is 2. The first-order valence-corrected chi connectivity index (χ1v) is 16.7. The summed E-state index contributed by atoms with van der Waals surface area (Å²) in [6, 6.07) is 27.6. The number of nitrogens with zero attached hydrogens (tertiary/aromatic N) is 2. The maximum absolute atomic E-state index is 14.4. The molecule has 8 nitrogen and oxygen atoms in total. The van der Waals surface area contributed by atoms with Crippen molar-refractivity contribution in [1.29, 1.82) is 0 Å². The highest BCUT2D eigenvalue weighted by Crippen LogP contribution is 2.29. The summed E-state index contributed by atoms with van der Waals surface area (Å²) in [6.07, 6.45) is 0.178. The van der Waals surface area contributed by atoms with Gasteiger partial charge in [-0.2, -0.15) is 0 Å². The van der Waals surface area contributed by atoms with Crippen LogP contribution < -0.4 is 14.4 Å². The number of likely N-dealkylation sites (N-methyl/N-ethyl adjacent to an activating group) is 1. The molecular formula is C34H35Cl2N3O5S. The fraction of sp³-hybridized carbons (Fsp3) is 0.235. The Bertz CT molecular complexity index is 1670. The van der Waals surface area contributed by atoms with Gasteiger partial charge in [0, 0.05) is 35.1 Å². The van der Waals surface area contributed by atoms with E-state index in [9.17, 15) is 18.0 Å². The summed E-state index contributed by atoms with van der Waals surface area (Å²) in [5, 5.41) is 3.46. The van der Waals surface area contributed by atoms with Crippen molar-refractivity contribution in [2.75, 3.05) is 24.0 Å². The lowest BCUT2D eigenvalue weighted by Gasteiger charge is -2.34. The highest BCUT2D eigenvalue weighted by atomic mass is 35.5. The third-order valence-electron chi connectivity index (χ3n) is 7.06. The number of amides is 2. The van der Waals surface area contributed by atoms with Gasteiger partial charge in [-0.05, 0) is 67.9 Å². The van der Waals surface area contributed by atoms with Crippen molar-refractivity contribution >= 4 is 50.7 Å². The fourth-order valence-corrected chi connectivity index (χ4v) is 6.76. The quantitative estimate of drug-likeness (QED) is 0.169. The monoisotopic (exact) mass is 667 g/mol. The zero-order chi connectivity index (χ0) is 32.4. The second-order valence-electron chi connectivity index (χ2n) is 10.1.